The summed E-state index contributed by atoms with van der Waals surface area (Å²) in [5.74, 6) is 1.72. The predicted octanol–water partition coefficient (Wildman–Crippen LogP) is 5.43. The second kappa shape index (κ2) is 12.0. The Hall–Kier alpha value is -4.44. The zero-order valence-corrected chi connectivity index (χ0v) is 21.3. The highest BCUT2D eigenvalue weighted by Gasteiger charge is 2.15. The third-order valence-corrected chi connectivity index (χ3v) is 6.34. The van der Waals surface area contributed by atoms with Gasteiger partial charge in [0.05, 0.1) is 30.1 Å². The lowest BCUT2D eigenvalue weighted by atomic mass is 10.2. The average molecular weight is 518 g/mol. The summed E-state index contributed by atoms with van der Waals surface area (Å²) in [5, 5.41) is 6.05. The van der Waals surface area contributed by atoms with Gasteiger partial charge < -0.3 is 20.1 Å². The number of allylic oxidation sites excluding steroid dienone is 1. The van der Waals surface area contributed by atoms with Crippen LogP contribution in [0.3, 0.4) is 0 Å². The molecule has 190 valence electrons. The molecule has 3 N–H and O–H groups in total. The molecule has 0 bridgehead atoms. The predicted molar refractivity (Wildman–Crippen MR) is 147 cm³/mol. The second-order valence-electron chi connectivity index (χ2n) is 7.91. The van der Waals surface area contributed by atoms with Crippen LogP contribution >= 0.6 is 0 Å². The summed E-state index contributed by atoms with van der Waals surface area (Å²) in [6.45, 7) is 3.63. The number of amides is 1. The molecule has 0 spiro atoms. The van der Waals surface area contributed by atoms with Crippen molar-refractivity contribution in [2.45, 2.75) is 17.7 Å². The number of anilines is 4. The Morgan fingerprint density at radius 2 is 1.59 bits per heavy atom. The first-order chi connectivity index (χ1) is 18.0. The maximum absolute atomic E-state index is 13.3. The number of methoxy groups -OCH3 is 2. The number of rotatable bonds is 11. The van der Waals surface area contributed by atoms with Crippen LogP contribution in [0.25, 0.3) is 11.0 Å². The number of aromatic nitrogens is 2. The van der Waals surface area contributed by atoms with Gasteiger partial charge in [-0.15, -0.1) is 6.58 Å². The molecule has 0 aliphatic heterocycles. The number of benzene rings is 3. The first-order valence-corrected chi connectivity index (χ1v) is 12.6. The van der Waals surface area contributed by atoms with Gasteiger partial charge >= 0.3 is 0 Å². The van der Waals surface area contributed by atoms with Crippen LogP contribution in [0.15, 0.2) is 84.3 Å². The molecule has 0 aliphatic carbocycles. The van der Waals surface area contributed by atoms with Crippen molar-refractivity contribution < 1.29 is 18.5 Å². The van der Waals surface area contributed by atoms with E-state index in [-0.39, 0.29) is 5.91 Å². The molecule has 0 saturated carbocycles. The Morgan fingerprint density at radius 1 is 0.919 bits per heavy atom. The smallest absolute Gasteiger partial charge is 0.224 e. The van der Waals surface area contributed by atoms with E-state index in [1.54, 1.807) is 62.8 Å². The highest BCUT2D eigenvalue weighted by molar-refractivity contribution is 7.86. The molecule has 0 fully saturated rings. The molecule has 1 aromatic heterocycles. The largest absolute Gasteiger partial charge is 0.497 e. The summed E-state index contributed by atoms with van der Waals surface area (Å²) in [6, 6.07) is 19.6. The average Bonchev–Trinajstić information content (AvgIpc) is 2.92. The fourth-order valence-corrected chi connectivity index (χ4v) is 4.34. The lowest BCUT2D eigenvalue weighted by Crippen LogP contribution is -2.12. The number of nitrogens with one attached hydrogen (secondary N) is 3. The van der Waals surface area contributed by atoms with E-state index in [1.165, 1.54) is 0 Å². The second-order valence-corrected chi connectivity index (χ2v) is 9.12. The minimum atomic E-state index is -1.70. The number of hydrogen-bond donors (Lipinski definition) is 3. The topological polar surface area (TPSA) is 114 Å². The van der Waals surface area contributed by atoms with Gasteiger partial charge in [0, 0.05) is 36.0 Å². The Kier molecular flexibility index (Phi) is 8.32. The van der Waals surface area contributed by atoms with Gasteiger partial charge in [0.15, 0.2) is 22.6 Å². The van der Waals surface area contributed by atoms with E-state index in [2.05, 4.69) is 26.9 Å². The summed E-state index contributed by atoms with van der Waals surface area (Å²) in [4.78, 5) is 21.9. The van der Waals surface area contributed by atoms with Gasteiger partial charge in [-0.2, -0.15) is 0 Å². The van der Waals surface area contributed by atoms with Crippen LogP contribution in [0.4, 0.5) is 23.0 Å². The molecule has 0 aliphatic rings. The summed E-state index contributed by atoms with van der Waals surface area (Å²) >= 11 is 0. The molecular formula is C27H27N5O4S. The van der Waals surface area contributed by atoms with E-state index in [1.807, 2.05) is 24.3 Å². The normalized spacial score (nSPS) is 11.4. The lowest BCUT2D eigenvalue weighted by Gasteiger charge is -2.15. The minimum Gasteiger partial charge on any atom is -0.497 e. The van der Waals surface area contributed by atoms with Gasteiger partial charge in [0.25, 0.3) is 0 Å². The summed E-state index contributed by atoms with van der Waals surface area (Å²) < 4.78 is 27.0. The van der Waals surface area contributed by atoms with Crippen molar-refractivity contribution in [2.24, 2.45) is 0 Å². The molecular weight excluding hydrogens is 490 g/mol. The minimum absolute atomic E-state index is 0.142. The highest BCUT2D eigenvalue weighted by Crippen LogP contribution is 2.31. The fourth-order valence-electron chi connectivity index (χ4n) is 3.47. The van der Waals surface area contributed by atoms with Crippen LogP contribution in [-0.4, -0.2) is 34.3 Å². The van der Waals surface area contributed by atoms with E-state index in [9.17, 15) is 9.00 Å². The van der Waals surface area contributed by atoms with Gasteiger partial charge in [-0.1, -0.05) is 24.3 Å². The standard InChI is InChI=1S/C27H27N5O4S/c1-4-5-13-25(33)28-18-9-8-10-22(16-18)37(34)32-27-26(30-23-11-6-7-12-24(23)31-27)29-19-14-20(35-2)17-21(15-19)36-3/h4,6-12,14-17H,1,5,13H2,2-3H3,(H,28,33)(H,29,30)(H,31,32). The van der Waals surface area contributed by atoms with Crippen molar-refractivity contribution in [1.29, 1.82) is 0 Å². The molecule has 3 aromatic carbocycles. The number of carbonyl (C=O) groups excluding carboxylic acids is 1. The molecule has 1 unspecified atom stereocenters. The molecule has 0 radical (unpaired) electrons. The maximum Gasteiger partial charge on any atom is 0.224 e. The number of hydrogen-bond acceptors (Lipinski definition) is 7. The van der Waals surface area contributed by atoms with E-state index < -0.39 is 11.0 Å². The first-order valence-electron chi connectivity index (χ1n) is 11.4. The quantitative estimate of drug-likeness (QED) is 0.227. The number of nitrogens with zero attached hydrogens (tertiary/aromatic N) is 2. The van der Waals surface area contributed by atoms with Gasteiger partial charge in [-0.25, -0.2) is 14.2 Å². The number of para-hydroxylation sites is 2. The fraction of sp³-hybridized carbons (Fsp3) is 0.148. The third kappa shape index (κ3) is 6.62. The van der Waals surface area contributed by atoms with Crippen LogP contribution in [0.1, 0.15) is 12.8 Å². The zero-order valence-electron chi connectivity index (χ0n) is 20.5. The van der Waals surface area contributed by atoms with Gasteiger partial charge in [0.2, 0.25) is 5.91 Å². The van der Waals surface area contributed by atoms with Crippen molar-refractivity contribution in [3.05, 3.63) is 79.4 Å². The van der Waals surface area contributed by atoms with E-state index in [0.29, 0.717) is 63.3 Å². The number of ether oxygens (including phenoxy) is 2. The van der Waals surface area contributed by atoms with Gasteiger partial charge in [-0.3, -0.25) is 9.52 Å². The Morgan fingerprint density at radius 3 is 2.24 bits per heavy atom. The van der Waals surface area contributed by atoms with Crippen molar-refractivity contribution in [1.82, 2.24) is 9.97 Å². The molecule has 4 aromatic rings. The lowest BCUT2D eigenvalue weighted by molar-refractivity contribution is -0.116. The van der Waals surface area contributed by atoms with Crippen LogP contribution in [-0.2, 0) is 15.8 Å². The van der Waals surface area contributed by atoms with Crippen molar-refractivity contribution >= 4 is 50.9 Å². The third-order valence-electron chi connectivity index (χ3n) is 5.28. The van der Waals surface area contributed by atoms with Gasteiger partial charge in [0.1, 0.15) is 11.5 Å². The summed E-state index contributed by atoms with van der Waals surface area (Å²) in [5.41, 5.74) is 2.51. The highest BCUT2D eigenvalue weighted by atomic mass is 32.2. The van der Waals surface area contributed by atoms with Crippen molar-refractivity contribution in [2.75, 3.05) is 29.6 Å². The van der Waals surface area contributed by atoms with Gasteiger partial charge in [-0.05, 0) is 36.8 Å². The van der Waals surface area contributed by atoms with E-state index in [0.717, 1.165) is 0 Å². The van der Waals surface area contributed by atoms with Crippen LogP contribution in [0.2, 0.25) is 0 Å². The summed E-state index contributed by atoms with van der Waals surface area (Å²) in [7, 11) is 1.44. The molecule has 1 heterocycles. The molecule has 1 atom stereocenters. The molecule has 0 saturated heterocycles. The Bertz CT molecular complexity index is 1440. The number of carbonyl (C=O) groups is 1. The van der Waals surface area contributed by atoms with Crippen LogP contribution < -0.4 is 24.8 Å². The van der Waals surface area contributed by atoms with Crippen molar-refractivity contribution in [3.63, 3.8) is 0 Å². The Balaban J connectivity index is 1.63. The molecule has 4 rings (SSSR count). The maximum atomic E-state index is 13.3. The first kappa shape index (κ1) is 25.6. The molecule has 10 heteroatoms. The van der Waals surface area contributed by atoms with E-state index >= 15 is 0 Å². The monoisotopic (exact) mass is 517 g/mol. The Labute approximate surface area is 217 Å². The molecule has 37 heavy (non-hydrogen) atoms. The van der Waals surface area contributed by atoms with Crippen LogP contribution in [0.5, 0.6) is 11.5 Å². The molecule has 9 nitrogen and oxygen atoms in total. The zero-order chi connectivity index (χ0) is 26.2. The van der Waals surface area contributed by atoms with Crippen LogP contribution in [0, 0.1) is 0 Å². The van der Waals surface area contributed by atoms with E-state index in [4.69, 9.17) is 14.5 Å². The number of fused-ring (bicyclic) bond motifs is 1. The molecule has 1 amide bonds. The summed E-state index contributed by atoms with van der Waals surface area (Å²) in [6.07, 6.45) is 2.59. The SMILES string of the molecule is C=CCCC(=O)Nc1cccc(S(=O)Nc2nc3ccccc3nc2Nc2cc(OC)cc(OC)c2)c1. The van der Waals surface area contributed by atoms with Crippen molar-refractivity contribution in [3.8, 4) is 11.5 Å².